The van der Waals surface area contributed by atoms with Crippen LogP contribution in [0.1, 0.15) is 27.9 Å². The molecule has 162 valence electrons. The van der Waals surface area contributed by atoms with Gasteiger partial charge in [0.2, 0.25) is 5.91 Å². The maximum absolute atomic E-state index is 12.3. The quantitative estimate of drug-likeness (QED) is 0.609. The summed E-state index contributed by atoms with van der Waals surface area (Å²) >= 11 is 3.46. The zero-order chi connectivity index (χ0) is 22.5. The van der Waals surface area contributed by atoms with Crippen LogP contribution in [0.2, 0.25) is 0 Å². The van der Waals surface area contributed by atoms with E-state index in [0.29, 0.717) is 11.3 Å². The first-order chi connectivity index (χ1) is 14.7. The number of esters is 1. The SMILES string of the molecule is Cc1cc(NC(=O)COC(=O)[C@H]2CC(=O)N(NC(=O)c3ccccc3)C2)cc(C)c1Br. The number of benzene rings is 2. The minimum atomic E-state index is -0.756. The number of anilines is 1. The minimum Gasteiger partial charge on any atom is -0.455 e. The molecule has 2 aromatic carbocycles. The summed E-state index contributed by atoms with van der Waals surface area (Å²) in [6, 6.07) is 12.0. The van der Waals surface area contributed by atoms with Crippen molar-refractivity contribution in [2.45, 2.75) is 20.3 Å². The van der Waals surface area contributed by atoms with Gasteiger partial charge in [0.15, 0.2) is 6.61 Å². The Kier molecular flexibility index (Phi) is 7.06. The minimum absolute atomic E-state index is 0.0110. The summed E-state index contributed by atoms with van der Waals surface area (Å²) in [5.74, 6) is -2.73. The number of nitrogens with zero attached hydrogens (tertiary/aromatic N) is 1. The normalized spacial score (nSPS) is 15.5. The van der Waals surface area contributed by atoms with Crippen LogP contribution in [0.25, 0.3) is 0 Å². The molecule has 0 aliphatic carbocycles. The highest BCUT2D eigenvalue weighted by Gasteiger charge is 2.36. The van der Waals surface area contributed by atoms with Gasteiger partial charge in [0.1, 0.15) is 0 Å². The van der Waals surface area contributed by atoms with Gasteiger partial charge in [-0.05, 0) is 49.2 Å². The first kappa shape index (κ1) is 22.5. The van der Waals surface area contributed by atoms with Crippen molar-refractivity contribution in [2.75, 3.05) is 18.5 Å². The number of ether oxygens (including phenoxy) is 1. The first-order valence-corrected chi connectivity index (χ1v) is 10.4. The van der Waals surface area contributed by atoms with Crippen molar-refractivity contribution < 1.29 is 23.9 Å². The van der Waals surface area contributed by atoms with E-state index in [4.69, 9.17) is 4.74 Å². The lowest BCUT2D eigenvalue weighted by Gasteiger charge is -2.17. The van der Waals surface area contributed by atoms with E-state index in [1.165, 1.54) is 0 Å². The Hall–Kier alpha value is -3.20. The van der Waals surface area contributed by atoms with E-state index in [9.17, 15) is 19.2 Å². The largest absolute Gasteiger partial charge is 0.455 e. The lowest BCUT2D eigenvalue weighted by Crippen LogP contribution is -2.43. The third kappa shape index (κ3) is 5.69. The summed E-state index contributed by atoms with van der Waals surface area (Å²) in [6.45, 7) is 3.34. The molecule has 1 saturated heterocycles. The summed E-state index contributed by atoms with van der Waals surface area (Å²) < 4.78 is 6.04. The fraction of sp³-hybridized carbons (Fsp3) is 0.273. The number of hydrogen-bond donors (Lipinski definition) is 2. The van der Waals surface area contributed by atoms with Gasteiger partial charge in [-0.3, -0.25) is 29.6 Å². The molecule has 2 aromatic rings. The van der Waals surface area contributed by atoms with Crippen molar-refractivity contribution in [1.29, 1.82) is 0 Å². The second-order valence-corrected chi connectivity index (χ2v) is 8.09. The van der Waals surface area contributed by atoms with Crippen LogP contribution in [0.5, 0.6) is 0 Å². The molecule has 0 spiro atoms. The predicted octanol–water partition coefficient (Wildman–Crippen LogP) is 2.74. The number of halogens is 1. The van der Waals surface area contributed by atoms with Crippen LogP contribution in [-0.2, 0) is 19.1 Å². The van der Waals surface area contributed by atoms with E-state index in [2.05, 4.69) is 26.7 Å². The first-order valence-electron chi connectivity index (χ1n) is 9.64. The molecular weight excluding hydrogens is 466 g/mol. The van der Waals surface area contributed by atoms with E-state index in [0.717, 1.165) is 20.6 Å². The Labute approximate surface area is 188 Å². The van der Waals surface area contributed by atoms with Crippen LogP contribution in [0.15, 0.2) is 46.9 Å². The number of carbonyl (C=O) groups is 4. The third-order valence-corrected chi connectivity index (χ3v) is 6.05. The highest BCUT2D eigenvalue weighted by atomic mass is 79.9. The highest BCUT2D eigenvalue weighted by Crippen LogP contribution is 2.25. The molecule has 1 aliphatic heterocycles. The molecule has 1 atom stereocenters. The van der Waals surface area contributed by atoms with Crippen molar-refractivity contribution >= 4 is 45.3 Å². The molecule has 3 amide bonds. The van der Waals surface area contributed by atoms with Gasteiger partial charge in [0.05, 0.1) is 12.5 Å². The molecule has 8 nitrogen and oxygen atoms in total. The molecule has 2 N–H and O–H groups in total. The van der Waals surface area contributed by atoms with Gasteiger partial charge in [0.25, 0.3) is 11.8 Å². The summed E-state index contributed by atoms with van der Waals surface area (Å²) in [5.41, 5.74) is 5.43. The summed E-state index contributed by atoms with van der Waals surface area (Å²) in [7, 11) is 0. The number of carbonyl (C=O) groups excluding carboxylic acids is 4. The van der Waals surface area contributed by atoms with Crippen molar-refractivity contribution in [3.63, 3.8) is 0 Å². The standard InChI is InChI=1S/C22H22BrN3O5/c1-13-8-17(9-14(2)20(13)23)24-18(27)12-31-22(30)16-10-19(28)26(11-16)25-21(29)15-6-4-3-5-7-15/h3-9,16H,10-12H2,1-2H3,(H,24,27)(H,25,29)/t16-/m0/s1. The fourth-order valence-corrected chi connectivity index (χ4v) is 3.45. The van der Waals surface area contributed by atoms with Crippen LogP contribution in [0.4, 0.5) is 5.69 Å². The Morgan fingerprint density at radius 1 is 1.13 bits per heavy atom. The maximum atomic E-state index is 12.3. The van der Waals surface area contributed by atoms with E-state index in [1.807, 2.05) is 13.8 Å². The van der Waals surface area contributed by atoms with Gasteiger partial charge in [-0.25, -0.2) is 0 Å². The van der Waals surface area contributed by atoms with E-state index in [-0.39, 0.29) is 13.0 Å². The molecule has 0 radical (unpaired) electrons. The van der Waals surface area contributed by atoms with E-state index >= 15 is 0 Å². The van der Waals surface area contributed by atoms with Crippen LogP contribution in [0, 0.1) is 19.8 Å². The molecule has 0 unspecified atom stereocenters. The van der Waals surface area contributed by atoms with Crippen LogP contribution >= 0.6 is 15.9 Å². The zero-order valence-electron chi connectivity index (χ0n) is 17.1. The third-order valence-electron chi connectivity index (χ3n) is 4.80. The van der Waals surface area contributed by atoms with Gasteiger partial charge in [-0.2, -0.15) is 0 Å². The molecule has 3 rings (SSSR count). The lowest BCUT2D eigenvalue weighted by atomic mass is 10.1. The molecule has 1 fully saturated rings. The van der Waals surface area contributed by atoms with Gasteiger partial charge in [0, 0.05) is 22.1 Å². The summed E-state index contributed by atoms with van der Waals surface area (Å²) in [6.07, 6.45) is -0.0966. The number of hydrogen-bond acceptors (Lipinski definition) is 5. The Balaban J connectivity index is 1.49. The average molecular weight is 488 g/mol. The van der Waals surface area contributed by atoms with Gasteiger partial charge in [-0.1, -0.05) is 34.1 Å². The molecule has 0 aromatic heterocycles. The topological polar surface area (TPSA) is 105 Å². The second-order valence-electron chi connectivity index (χ2n) is 7.29. The molecule has 1 heterocycles. The molecule has 0 saturated carbocycles. The Morgan fingerprint density at radius 3 is 2.42 bits per heavy atom. The number of nitrogens with one attached hydrogen (secondary N) is 2. The average Bonchev–Trinajstić information content (AvgIpc) is 3.11. The molecule has 0 bridgehead atoms. The van der Waals surface area contributed by atoms with E-state index in [1.54, 1.807) is 42.5 Å². The molecular formula is C22H22BrN3O5. The summed E-state index contributed by atoms with van der Waals surface area (Å²) in [5, 5.41) is 3.79. The van der Waals surface area contributed by atoms with Crippen molar-refractivity contribution in [3.8, 4) is 0 Å². The highest BCUT2D eigenvalue weighted by molar-refractivity contribution is 9.10. The smallest absolute Gasteiger partial charge is 0.311 e. The van der Waals surface area contributed by atoms with Crippen LogP contribution in [0.3, 0.4) is 0 Å². The van der Waals surface area contributed by atoms with Crippen LogP contribution < -0.4 is 10.7 Å². The Bertz CT molecular complexity index is 1000. The van der Waals surface area contributed by atoms with Gasteiger partial charge in [-0.15, -0.1) is 0 Å². The van der Waals surface area contributed by atoms with Gasteiger partial charge < -0.3 is 10.1 Å². The fourth-order valence-electron chi connectivity index (χ4n) is 3.22. The number of rotatable bonds is 6. The van der Waals surface area contributed by atoms with E-state index < -0.39 is 36.2 Å². The predicted molar refractivity (Wildman–Crippen MR) is 117 cm³/mol. The maximum Gasteiger partial charge on any atom is 0.311 e. The lowest BCUT2D eigenvalue weighted by molar-refractivity contribution is -0.151. The van der Waals surface area contributed by atoms with Crippen molar-refractivity contribution in [2.24, 2.45) is 5.92 Å². The molecule has 31 heavy (non-hydrogen) atoms. The number of hydrazine groups is 1. The van der Waals surface area contributed by atoms with Crippen molar-refractivity contribution in [3.05, 3.63) is 63.6 Å². The monoisotopic (exact) mass is 487 g/mol. The molecule has 9 heteroatoms. The number of amides is 3. The molecule has 1 aliphatic rings. The Morgan fingerprint density at radius 2 is 1.77 bits per heavy atom. The number of aryl methyl sites for hydroxylation is 2. The van der Waals surface area contributed by atoms with Crippen molar-refractivity contribution in [1.82, 2.24) is 10.4 Å². The second kappa shape index (κ2) is 9.74. The van der Waals surface area contributed by atoms with Crippen LogP contribution in [-0.4, -0.2) is 41.9 Å². The summed E-state index contributed by atoms with van der Waals surface area (Å²) in [4.78, 5) is 48.8. The zero-order valence-corrected chi connectivity index (χ0v) is 18.7. The van der Waals surface area contributed by atoms with Gasteiger partial charge >= 0.3 is 5.97 Å².